The smallest absolute Gasteiger partial charge is 0.305 e. The zero-order valence-corrected chi connectivity index (χ0v) is 10.6. The van der Waals surface area contributed by atoms with E-state index in [-0.39, 0.29) is 5.97 Å². The number of hydrogen-bond acceptors (Lipinski definition) is 4. The number of ether oxygens (including phenoxy) is 2. The quantitative estimate of drug-likeness (QED) is 0.710. The zero-order valence-electron chi connectivity index (χ0n) is 10.6. The normalized spacial score (nSPS) is 9.82. The number of methoxy groups -OCH3 is 2. The van der Waals surface area contributed by atoms with Crippen molar-refractivity contribution in [3.63, 3.8) is 0 Å². The first-order valence-corrected chi connectivity index (χ1v) is 5.59. The lowest BCUT2D eigenvalue weighted by Gasteiger charge is -2.19. The molecule has 0 atom stereocenters. The Labute approximate surface area is 102 Å². The van der Waals surface area contributed by atoms with Gasteiger partial charge < -0.3 is 14.4 Å². The van der Waals surface area contributed by atoms with Crippen molar-refractivity contribution >= 4 is 11.7 Å². The fourth-order valence-electron chi connectivity index (χ4n) is 1.53. The van der Waals surface area contributed by atoms with Gasteiger partial charge in [-0.2, -0.15) is 0 Å². The zero-order chi connectivity index (χ0) is 12.7. The molecule has 0 radical (unpaired) electrons. The molecule has 17 heavy (non-hydrogen) atoms. The Hall–Kier alpha value is -1.71. The number of nitrogens with zero attached hydrogens (tertiary/aromatic N) is 1. The fraction of sp³-hybridized carbons (Fsp3) is 0.462. The summed E-state index contributed by atoms with van der Waals surface area (Å²) in [7, 11) is 5.06. The molecule has 0 aliphatic heterocycles. The lowest BCUT2D eigenvalue weighted by atomic mass is 10.2. The highest BCUT2D eigenvalue weighted by Gasteiger charge is 2.04. The number of esters is 1. The topological polar surface area (TPSA) is 38.8 Å². The van der Waals surface area contributed by atoms with Gasteiger partial charge in [-0.05, 0) is 30.7 Å². The highest BCUT2D eigenvalue weighted by atomic mass is 16.5. The molecule has 0 fully saturated rings. The second-order valence-corrected chi connectivity index (χ2v) is 3.80. The summed E-state index contributed by atoms with van der Waals surface area (Å²) >= 11 is 0. The first-order valence-electron chi connectivity index (χ1n) is 5.59. The predicted molar refractivity (Wildman–Crippen MR) is 67.5 cm³/mol. The first-order chi connectivity index (χ1) is 8.17. The molecule has 0 amide bonds. The molecule has 0 saturated heterocycles. The molecule has 0 bridgehead atoms. The summed E-state index contributed by atoms with van der Waals surface area (Å²) in [5, 5.41) is 0. The Morgan fingerprint density at radius 2 is 1.88 bits per heavy atom. The van der Waals surface area contributed by atoms with Gasteiger partial charge in [-0.25, -0.2) is 0 Å². The monoisotopic (exact) mass is 237 g/mol. The maximum atomic E-state index is 11.0. The van der Waals surface area contributed by atoms with E-state index >= 15 is 0 Å². The van der Waals surface area contributed by atoms with Crippen LogP contribution in [0.3, 0.4) is 0 Å². The van der Waals surface area contributed by atoms with E-state index in [1.54, 1.807) is 7.11 Å². The van der Waals surface area contributed by atoms with Gasteiger partial charge in [0.15, 0.2) is 0 Å². The number of hydrogen-bond donors (Lipinski definition) is 0. The molecule has 0 aromatic heterocycles. The maximum Gasteiger partial charge on any atom is 0.305 e. The molecular weight excluding hydrogens is 218 g/mol. The van der Waals surface area contributed by atoms with Gasteiger partial charge in [-0.1, -0.05) is 0 Å². The van der Waals surface area contributed by atoms with Gasteiger partial charge in [0.05, 0.1) is 14.2 Å². The molecule has 0 unspecified atom stereocenters. The molecule has 1 rings (SSSR count). The molecule has 4 heteroatoms. The lowest BCUT2D eigenvalue weighted by molar-refractivity contribution is -0.140. The van der Waals surface area contributed by atoms with Gasteiger partial charge >= 0.3 is 5.97 Å². The molecule has 0 spiro atoms. The van der Waals surface area contributed by atoms with Crippen molar-refractivity contribution < 1.29 is 14.3 Å². The van der Waals surface area contributed by atoms with Crippen LogP contribution in [-0.4, -0.2) is 33.8 Å². The molecule has 0 heterocycles. The van der Waals surface area contributed by atoms with E-state index in [9.17, 15) is 4.79 Å². The van der Waals surface area contributed by atoms with Crippen LogP contribution in [0.2, 0.25) is 0 Å². The SMILES string of the molecule is COC(=O)CCCN(C)c1ccc(OC)cc1. The molecule has 4 nitrogen and oxygen atoms in total. The van der Waals surface area contributed by atoms with Crippen LogP contribution in [-0.2, 0) is 9.53 Å². The fourth-order valence-corrected chi connectivity index (χ4v) is 1.53. The third-order valence-electron chi connectivity index (χ3n) is 2.62. The minimum Gasteiger partial charge on any atom is -0.497 e. The Bertz CT molecular complexity index is 348. The highest BCUT2D eigenvalue weighted by molar-refractivity contribution is 5.69. The Morgan fingerprint density at radius 1 is 1.24 bits per heavy atom. The molecular formula is C13H19NO3. The summed E-state index contributed by atoms with van der Waals surface area (Å²) in [5.41, 5.74) is 1.11. The lowest BCUT2D eigenvalue weighted by Crippen LogP contribution is -2.19. The molecule has 0 N–H and O–H groups in total. The van der Waals surface area contributed by atoms with Crippen molar-refractivity contribution in [1.82, 2.24) is 0 Å². The number of anilines is 1. The average molecular weight is 237 g/mol. The van der Waals surface area contributed by atoms with Crippen LogP contribution in [0.25, 0.3) is 0 Å². The van der Waals surface area contributed by atoms with Crippen molar-refractivity contribution in [3.05, 3.63) is 24.3 Å². The van der Waals surface area contributed by atoms with Crippen LogP contribution < -0.4 is 9.64 Å². The first kappa shape index (κ1) is 13.4. The van der Waals surface area contributed by atoms with E-state index < -0.39 is 0 Å². The van der Waals surface area contributed by atoms with Crippen molar-refractivity contribution in [2.24, 2.45) is 0 Å². The number of carbonyl (C=O) groups is 1. The van der Waals surface area contributed by atoms with E-state index in [0.29, 0.717) is 6.42 Å². The molecule has 94 valence electrons. The van der Waals surface area contributed by atoms with Crippen molar-refractivity contribution in [1.29, 1.82) is 0 Å². The summed E-state index contributed by atoms with van der Waals surface area (Å²) in [6, 6.07) is 7.84. The third-order valence-corrected chi connectivity index (χ3v) is 2.62. The van der Waals surface area contributed by atoms with E-state index in [0.717, 1.165) is 24.4 Å². The molecule has 0 aliphatic carbocycles. The minimum absolute atomic E-state index is 0.159. The maximum absolute atomic E-state index is 11.0. The van der Waals surface area contributed by atoms with Crippen LogP contribution in [0.4, 0.5) is 5.69 Å². The Kier molecular flexibility index (Phi) is 5.33. The summed E-state index contributed by atoms with van der Waals surface area (Å²) in [6.07, 6.45) is 1.24. The van der Waals surface area contributed by atoms with Crippen molar-refractivity contribution in [3.8, 4) is 5.75 Å². The standard InChI is InChI=1S/C13H19NO3/c1-14(10-4-5-13(15)17-3)11-6-8-12(16-2)9-7-11/h6-9H,4-5,10H2,1-3H3. The van der Waals surface area contributed by atoms with Crippen LogP contribution >= 0.6 is 0 Å². The summed E-state index contributed by atoms with van der Waals surface area (Å²) in [6.45, 7) is 0.821. The largest absolute Gasteiger partial charge is 0.497 e. The Morgan fingerprint density at radius 3 is 2.41 bits per heavy atom. The number of rotatable bonds is 6. The van der Waals surface area contributed by atoms with Gasteiger partial charge in [0, 0.05) is 25.7 Å². The number of benzene rings is 1. The number of carbonyl (C=O) groups excluding carboxylic acids is 1. The van der Waals surface area contributed by atoms with Gasteiger partial charge in [-0.3, -0.25) is 4.79 Å². The summed E-state index contributed by atoms with van der Waals surface area (Å²) < 4.78 is 9.69. The van der Waals surface area contributed by atoms with Crippen LogP contribution in [0.5, 0.6) is 5.75 Å². The van der Waals surface area contributed by atoms with Crippen LogP contribution in [0.15, 0.2) is 24.3 Å². The average Bonchev–Trinajstić information content (AvgIpc) is 2.38. The molecule has 1 aromatic rings. The predicted octanol–water partition coefficient (Wildman–Crippen LogP) is 2.08. The summed E-state index contributed by atoms with van der Waals surface area (Å²) in [4.78, 5) is 13.1. The van der Waals surface area contributed by atoms with E-state index in [1.165, 1.54) is 7.11 Å². The Balaban J connectivity index is 2.40. The van der Waals surface area contributed by atoms with Crippen molar-refractivity contribution in [2.75, 3.05) is 32.7 Å². The molecule has 1 aromatic carbocycles. The van der Waals surface area contributed by atoms with E-state index in [4.69, 9.17) is 4.74 Å². The van der Waals surface area contributed by atoms with Gasteiger partial charge in [-0.15, -0.1) is 0 Å². The summed E-state index contributed by atoms with van der Waals surface area (Å²) in [5.74, 6) is 0.685. The third kappa shape index (κ3) is 4.34. The van der Waals surface area contributed by atoms with Crippen LogP contribution in [0, 0.1) is 0 Å². The highest BCUT2D eigenvalue weighted by Crippen LogP contribution is 2.18. The molecule has 0 aliphatic rings. The second kappa shape index (κ2) is 6.78. The van der Waals surface area contributed by atoms with Crippen LogP contribution in [0.1, 0.15) is 12.8 Å². The van der Waals surface area contributed by atoms with E-state index in [2.05, 4.69) is 9.64 Å². The van der Waals surface area contributed by atoms with Gasteiger partial charge in [0.1, 0.15) is 5.75 Å². The second-order valence-electron chi connectivity index (χ2n) is 3.80. The van der Waals surface area contributed by atoms with Crippen molar-refractivity contribution in [2.45, 2.75) is 12.8 Å². The van der Waals surface area contributed by atoms with Gasteiger partial charge in [0.2, 0.25) is 0 Å². The minimum atomic E-state index is -0.159. The molecule has 0 saturated carbocycles. The van der Waals surface area contributed by atoms with Gasteiger partial charge in [0.25, 0.3) is 0 Å². The van der Waals surface area contributed by atoms with E-state index in [1.807, 2.05) is 31.3 Å².